The first-order valence-corrected chi connectivity index (χ1v) is 6.19. The lowest BCUT2D eigenvalue weighted by molar-refractivity contribution is -0.122. The fourth-order valence-electron chi connectivity index (χ4n) is 2.07. The largest absolute Gasteiger partial charge is 0.368 e. The highest BCUT2D eigenvalue weighted by molar-refractivity contribution is 5.91. The number of anilines is 1. The summed E-state index contributed by atoms with van der Waals surface area (Å²) < 4.78 is 5.52. The standard InChI is InChI=1S/C14H16N2O2/c15-9-11-5-7-12(8-6-11)16-14(17)10-18-13-3-1-2-4-13/h5-8,13H,1-4,10H2,(H,16,17). The molecule has 1 aliphatic carbocycles. The molecule has 1 saturated carbocycles. The van der Waals surface area contributed by atoms with Crippen molar-refractivity contribution in [2.45, 2.75) is 31.8 Å². The molecule has 1 amide bonds. The SMILES string of the molecule is N#Cc1ccc(NC(=O)COC2CCCC2)cc1. The first kappa shape index (κ1) is 12.6. The maximum absolute atomic E-state index is 11.6. The zero-order chi connectivity index (χ0) is 12.8. The van der Waals surface area contributed by atoms with Crippen LogP contribution in [0.4, 0.5) is 5.69 Å². The third-order valence-corrected chi connectivity index (χ3v) is 3.05. The van der Waals surface area contributed by atoms with Crippen molar-refractivity contribution >= 4 is 11.6 Å². The Morgan fingerprint density at radius 2 is 2.00 bits per heavy atom. The van der Waals surface area contributed by atoms with Crippen LogP contribution in [-0.4, -0.2) is 18.6 Å². The van der Waals surface area contributed by atoms with Crippen LogP contribution in [0.25, 0.3) is 0 Å². The Hall–Kier alpha value is -1.86. The van der Waals surface area contributed by atoms with Gasteiger partial charge in [-0.05, 0) is 37.1 Å². The summed E-state index contributed by atoms with van der Waals surface area (Å²) in [5.41, 5.74) is 1.27. The molecule has 0 spiro atoms. The number of hydrogen-bond acceptors (Lipinski definition) is 3. The zero-order valence-corrected chi connectivity index (χ0v) is 10.2. The zero-order valence-electron chi connectivity index (χ0n) is 10.2. The molecule has 0 heterocycles. The van der Waals surface area contributed by atoms with Crippen molar-refractivity contribution in [1.29, 1.82) is 5.26 Å². The van der Waals surface area contributed by atoms with Crippen LogP contribution in [0, 0.1) is 11.3 Å². The minimum absolute atomic E-state index is 0.102. The van der Waals surface area contributed by atoms with Crippen LogP contribution < -0.4 is 5.32 Å². The Morgan fingerprint density at radius 3 is 2.61 bits per heavy atom. The van der Waals surface area contributed by atoms with E-state index in [-0.39, 0.29) is 18.6 Å². The number of amides is 1. The van der Waals surface area contributed by atoms with Gasteiger partial charge in [0.05, 0.1) is 17.7 Å². The molecule has 1 aromatic carbocycles. The molecule has 0 aromatic heterocycles. The van der Waals surface area contributed by atoms with Gasteiger partial charge in [0.1, 0.15) is 6.61 Å². The predicted molar refractivity (Wildman–Crippen MR) is 68.0 cm³/mol. The van der Waals surface area contributed by atoms with Crippen molar-refractivity contribution in [2.75, 3.05) is 11.9 Å². The topological polar surface area (TPSA) is 62.1 Å². The Morgan fingerprint density at radius 1 is 1.33 bits per heavy atom. The second-order valence-corrected chi connectivity index (χ2v) is 4.45. The second-order valence-electron chi connectivity index (χ2n) is 4.45. The summed E-state index contributed by atoms with van der Waals surface area (Å²) >= 11 is 0. The molecule has 0 unspecified atom stereocenters. The van der Waals surface area contributed by atoms with E-state index in [1.807, 2.05) is 6.07 Å². The summed E-state index contributed by atoms with van der Waals surface area (Å²) in [6, 6.07) is 8.81. The molecule has 2 rings (SSSR count). The Labute approximate surface area is 107 Å². The fourth-order valence-corrected chi connectivity index (χ4v) is 2.07. The average molecular weight is 244 g/mol. The van der Waals surface area contributed by atoms with Gasteiger partial charge in [-0.3, -0.25) is 4.79 Å². The number of hydrogen-bond donors (Lipinski definition) is 1. The molecule has 18 heavy (non-hydrogen) atoms. The van der Waals surface area contributed by atoms with E-state index in [1.54, 1.807) is 24.3 Å². The highest BCUT2D eigenvalue weighted by Crippen LogP contribution is 2.20. The number of rotatable bonds is 4. The molecule has 0 bridgehead atoms. The fraction of sp³-hybridized carbons (Fsp3) is 0.429. The van der Waals surface area contributed by atoms with Gasteiger partial charge in [0.15, 0.2) is 0 Å². The van der Waals surface area contributed by atoms with Crippen molar-refractivity contribution in [3.05, 3.63) is 29.8 Å². The lowest BCUT2D eigenvalue weighted by Gasteiger charge is -2.11. The highest BCUT2D eigenvalue weighted by atomic mass is 16.5. The van der Waals surface area contributed by atoms with Crippen molar-refractivity contribution < 1.29 is 9.53 Å². The molecule has 1 N–H and O–H groups in total. The van der Waals surface area contributed by atoms with E-state index in [1.165, 1.54) is 12.8 Å². The van der Waals surface area contributed by atoms with Crippen LogP contribution in [0.5, 0.6) is 0 Å². The molecule has 4 nitrogen and oxygen atoms in total. The van der Waals surface area contributed by atoms with Crippen molar-refractivity contribution in [3.8, 4) is 6.07 Å². The summed E-state index contributed by atoms with van der Waals surface area (Å²) in [7, 11) is 0. The predicted octanol–water partition coefficient (Wildman–Crippen LogP) is 2.46. The third-order valence-electron chi connectivity index (χ3n) is 3.05. The number of carbonyl (C=O) groups excluding carboxylic acids is 1. The molecule has 0 atom stereocenters. The van der Waals surface area contributed by atoms with Gasteiger partial charge in [-0.1, -0.05) is 12.8 Å². The summed E-state index contributed by atoms with van der Waals surface area (Å²) in [4.78, 5) is 11.6. The van der Waals surface area contributed by atoms with Crippen LogP contribution in [0.3, 0.4) is 0 Å². The van der Waals surface area contributed by atoms with Crippen molar-refractivity contribution in [1.82, 2.24) is 0 Å². The number of carbonyl (C=O) groups is 1. The Kier molecular flexibility index (Phi) is 4.32. The molecule has 1 fully saturated rings. The van der Waals surface area contributed by atoms with Crippen LogP contribution in [0.2, 0.25) is 0 Å². The Balaban J connectivity index is 1.77. The first-order chi connectivity index (χ1) is 8.78. The van der Waals surface area contributed by atoms with Crippen LogP contribution in [0.1, 0.15) is 31.2 Å². The molecule has 0 aliphatic heterocycles. The molecule has 1 aliphatic rings. The quantitative estimate of drug-likeness (QED) is 0.884. The van der Waals surface area contributed by atoms with Crippen LogP contribution in [-0.2, 0) is 9.53 Å². The van der Waals surface area contributed by atoms with Crippen LogP contribution in [0.15, 0.2) is 24.3 Å². The van der Waals surface area contributed by atoms with E-state index in [9.17, 15) is 4.79 Å². The second kappa shape index (κ2) is 6.18. The maximum atomic E-state index is 11.6. The molecular formula is C14H16N2O2. The molecule has 94 valence electrons. The van der Waals surface area contributed by atoms with Gasteiger partial charge in [-0.15, -0.1) is 0 Å². The molecular weight excluding hydrogens is 228 g/mol. The monoisotopic (exact) mass is 244 g/mol. The van der Waals surface area contributed by atoms with Gasteiger partial charge in [0.2, 0.25) is 5.91 Å². The van der Waals surface area contributed by atoms with Gasteiger partial charge >= 0.3 is 0 Å². The average Bonchev–Trinajstić information content (AvgIpc) is 2.90. The highest BCUT2D eigenvalue weighted by Gasteiger charge is 2.16. The van der Waals surface area contributed by atoms with E-state index < -0.39 is 0 Å². The summed E-state index contributed by atoms with van der Waals surface area (Å²) in [6.45, 7) is 0.102. The number of nitriles is 1. The summed E-state index contributed by atoms with van der Waals surface area (Å²) in [5, 5.41) is 11.4. The van der Waals surface area contributed by atoms with Gasteiger partial charge < -0.3 is 10.1 Å². The minimum atomic E-state index is -0.147. The summed E-state index contributed by atoms with van der Waals surface area (Å²) in [5.74, 6) is -0.147. The van der Waals surface area contributed by atoms with Crippen molar-refractivity contribution in [3.63, 3.8) is 0 Å². The van der Waals surface area contributed by atoms with E-state index >= 15 is 0 Å². The first-order valence-electron chi connectivity index (χ1n) is 6.19. The van der Waals surface area contributed by atoms with Crippen molar-refractivity contribution in [2.24, 2.45) is 0 Å². The number of nitrogens with one attached hydrogen (secondary N) is 1. The molecule has 0 saturated heterocycles. The minimum Gasteiger partial charge on any atom is -0.368 e. The molecule has 1 aromatic rings. The van der Waals surface area contributed by atoms with Crippen LogP contribution >= 0.6 is 0 Å². The van der Waals surface area contributed by atoms with Gasteiger partial charge in [-0.25, -0.2) is 0 Å². The van der Waals surface area contributed by atoms with Gasteiger partial charge in [0.25, 0.3) is 0 Å². The number of ether oxygens (including phenoxy) is 1. The number of nitrogens with zero attached hydrogens (tertiary/aromatic N) is 1. The maximum Gasteiger partial charge on any atom is 0.250 e. The van der Waals surface area contributed by atoms with E-state index in [4.69, 9.17) is 10.00 Å². The van der Waals surface area contributed by atoms with E-state index in [0.29, 0.717) is 11.3 Å². The normalized spacial score (nSPS) is 15.3. The lowest BCUT2D eigenvalue weighted by Crippen LogP contribution is -2.21. The Bertz CT molecular complexity index is 442. The van der Waals surface area contributed by atoms with E-state index in [0.717, 1.165) is 12.8 Å². The lowest BCUT2D eigenvalue weighted by atomic mass is 10.2. The van der Waals surface area contributed by atoms with E-state index in [2.05, 4.69) is 5.32 Å². The smallest absolute Gasteiger partial charge is 0.250 e. The number of benzene rings is 1. The van der Waals surface area contributed by atoms with Gasteiger partial charge in [-0.2, -0.15) is 5.26 Å². The summed E-state index contributed by atoms with van der Waals surface area (Å²) in [6.07, 6.45) is 4.76. The third kappa shape index (κ3) is 3.57. The molecule has 0 radical (unpaired) electrons. The van der Waals surface area contributed by atoms with Gasteiger partial charge in [0, 0.05) is 5.69 Å². The molecule has 4 heteroatoms.